The lowest BCUT2D eigenvalue weighted by Crippen LogP contribution is -2.30. The molecule has 1 aliphatic carbocycles. The summed E-state index contributed by atoms with van der Waals surface area (Å²) in [4.78, 5) is -0.372. The Morgan fingerprint density at radius 3 is 2.44 bits per heavy atom. The fraction of sp³-hybridized carbons (Fsp3) is 0.444. The van der Waals surface area contributed by atoms with E-state index >= 15 is 0 Å². The predicted molar refractivity (Wildman–Crippen MR) is 92.7 cm³/mol. The van der Waals surface area contributed by atoms with Crippen LogP contribution in [0.2, 0.25) is 0 Å². The van der Waals surface area contributed by atoms with Gasteiger partial charge in [0.2, 0.25) is 15.9 Å². The lowest BCUT2D eigenvalue weighted by atomic mass is 10.1. The van der Waals surface area contributed by atoms with Gasteiger partial charge in [-0.05, 0) is 37.5 Å². The minimum absolute atomic E-state index is 0.0249. The van der Waals surface area contributed by atoms with Gasteiger partial charge in [0, 0.05) is 37.1 Å². The highest BCUT2D eigenvalue weighted by atomic mass is 32.2. The SMILES string of the molecule is O=S(=O)(c1cc(F)cc(F)c1)N1CCC(COc2ccc(C3CC3)nn2)C1. The van der Waals surface area contributed by atoms with E-state index in [2.05, 4.69) is 10.2 Å². The molecule has 2 aliphatic rings. The molecule has 2 fully saturated rings. The highest BCUT2D eigenvalue weighted by Gasteiger charge is 2.33. The number of ether oxygens (including phenoxy) is 1. The molecule has 0 radical (unpaired) electrons. The summed E-state index contributed by atoms with van der Waals surface area (Å²) in [6.45, 7) is 0.815. The van der Waals surface area contributed by atoms with Gasteiger partial charge >= 0.3 is 0 Å². The number of rotatable bonds is 6. The highest BCUT2D eigenvalue weighted by molar-refractivity contribution is 7.89. The van der Waals surface area contributed by atoms with Gasteiger partial charge in [0.1, 0.15) is 11.6 Å². The number of hydrogen-bond donors (Lipinski definition) is 0. The van der Waals surface area contributed by atoms with Crippen molar-refractivity contribution in [1.29, 1.82) is 0 Å². The maximum Gasteiger partial charge on any atom is 0.243 e. The minimum atomic E-state index is -3.94. The van der Waals surface area contributed by atoms with E-state index in [0.29, 0.717) is 30.9 Å². The van der Waals surface area contributed by atoms with E-state index in [0.717, 1.165) is 30.7 Å². The van der Waals surface area contributed by atoms with E-state index in [4.69, 9.17) is 4.74 Å². The molecule has 1 aromatic heterocycles. The fourth-order valence-electron chi connectivity index (χ4n) is 3.19. The summed E-state index contributed by atoms with van der Waals surface area (Å²) in [6, 6.07) is 6.00. The first-order chi connectivity index (χ1) is 12.9. The van der Waals surface area contributed by atoms with Crippen LogP contribution in [0.5, 0.6) is 5.88 Å². The Kier molecular flexibility index (Phi) is 4.81. The van der Waals surface area contributed by atoms with E-state index in [9.17, 15) is 17.2 Å². The zero-order valence-corrected chi connectivity index (χ0v) is 15.3. The maximum absolute atomic E-state index is 13.4. The Balaban J connectivity index is 1.36. The van der Waals surface area contributed by atoms with Crippen LogP contribution in [-0.2, 0) is 10.0 Å². The number of benzene rings is 1. The zero-order chi connectivity index (χ0) is 19.0. The van der Waals surface area contributed by atoms with Crippen LogP contribution in [0.25, 0.3) is 0 Å². The lowest BCUT2D eigenvalue weighted by Gasteiger charge is -2.17. The Hall–Kier alpha value is -2.13. The average molecular weight is 395 g/mol. The van der Waals surface area contributed by atoms with Crippen molar-refractivity contribution < 1.29 is 21.9 Å². The minimum Gasteiger partial charge on any atom is -0.476 e. The molecule has 0 spiro atoms. The van der Waals surface area contributed by atoms with Crippen LogP contribution in [0.15, 0.2) is 35.2 Å². The van der Waals surface area contributed by atoms with Crippen molar-refractivity contribution in [3.63, 3.8) is 0 Å². The van der Waals surface area contributed by atoms with E-state index < -0.39 is 21.7 Å². The molecule has 1 unspecified atom stereocenters. The van der Waals surface area contributed by atoms with Gasteiger partial charge in [-0.2, -0.15) is 9.40 Å². The van der Waals surface area contributed by atoms with Crippen LogP contribution in [-0.4, -0.2) is 42.6 Å². The Bertz CT molecular complexity index is 913. The summed E-state index contributed by atoms with van der Waals surface area (Å²) >= 11 is 0. The van der Waals surface area contributed by atoms with E-state index in [1.165, 1.54) is 4.31 Å². The van der Waals surface area contributed by atoms with Gasteiger partial charge in [-0.1, -0.05) is 0 Å². The van der Waals surface area contributed by atoms with E-state index in [-0.39, 0.29) is 23.9 Å². The first-order valence-corrected chi connectivity index (χ1v) is 10.3. The smallest absolute Gasteiger partial charge is 0.243 e. The zero-order valence-electron chi connectivity index (χ0n) is 14.5. The molecule has 1 saturated carbocycles. The molecule has 1 aromatic carbocycles. The second kappa shape index (κ2) is 7.12. The predicted octanol–water partition coefficient (Wildman–Crippen LogP) is 2.72. The Labute approximate surface area is 156 Å². The van der Waals surface area contributed by atoms with Crippen LogP contribution in [0.4, 0.5) is 8.78 Å². The van der Waals surface area contributed by atoms with Crippen molar-refractivity contribution in [3.05, 3.63) is 47.7 Å². The molecule has 4 rings (SSSR count). The second-order valence-corrected chi connectivity index (χ2v) is 8.94. The molecule has 144 valence electrons. The normalized spacial score (nSPS) is 20.7. The third-order valence-electron chi connectivity index (χ3n) is 4.85. The molecule has 1 aliphatic heterocycles. The summed E-state index contributed by atoms with van der Waals surface area (Å²) < 4.78 is 58.8. The summed E-state index contributed by atoms with van der Waals surface area (Å²) in [5.41, 5.74) is 0.975. The van der Waals surface area contributed by atoms with Gasteiger partial charge in [0.05, 0.1) is 17.2 Å². The van der Waals surface area contributed by atoms with Crippen LogP contribution in [0, 0.1) is 17.6 Å². The molecule has 1 saturated heterocycles. The number of sulfonamides is 1. The summed E-state index contributed by atoms with van der Waals surface area (Å²) in [7, 11) is -3.94. The lowest BCUT2D eigenvalue weighted by molar-refractivity contribution is 0.243. The van der Waals surface area contributed by atoms with Crippen molar-refractivity contribution in [2.45, 2.75) is 30.1 Å². The first-order valence-electron chi connectivity index (χ1n) is 8.84. The molecule has 6 nitrogen and oxygen atoms in total. The van der Waals surface area contributed by atoms with Gasteiger partial charge < -0.3 is 4.74 Å². The van der Waals surface area contributed by atoms with E-state index in [1.807, 2.05) is 6.07 Å². The van der Waals surface area contributed by atoms with Gasteiger partial charge in [-0.3, -0.25) is 0 Å². The van der Waals surface area contributed by atoms with Crippen molar-refractivity contribution in [1.82, 2.24) is 14.5 Å². The van der Waals surface area contributed by atoms with Crippen molar-refractivity contribution in [2.75, 3.05) is 19.7 Å². The number of nitrogens with zero attached hydrogens (tertiary/aromatic N) is 3. The summed E-state index contributed by atoms with van der Waals surface area (Å²) in [5, 5.41) is 8.19. The molecule has 2 heterocycles. The summed E-state index contributed by atoms with van der Waals surface area (Å²) in [6.07, 6.45) is 2.90. The molecule has 2 aromatic rings. The molecule has 1 atom stereocenters. The van der Waals surface area contributed by atoms with E-state index in [1.54, 1.807) is 6.07 Å². The number of halogens is 2. The standard InChI is InChI=1S/C18H19F2N3O3S/c19-14-7-15(20)9-16(8-14)27(24,25)23-6-5-12(10-23)11-26-18-4-3-17(21-22-18)13-1-2-13/h3-4,7-9,12-13H,1-2,5-6,10-11H2. The van der Waals surface area contributed by atoms with Crippen LogP contribution in [0.1, 0.15) is 30.9 Å². The number of hydrogen-bond acceptors (Lipinski definition) is 5. The molecule has 27 heavy (non-hydrogen) atoms. The average Bonchev–Trinajstić information content (AvgIpc) is 3.37. The van der Waals surface area contributed by atoms with Crippen molar-refractivity contribution in [3.8, 4) is 5.88 Å². The quantitative estimate of drug-likeness (QED) is 0.752. The number of aromatic nitrogens is 2. The largest absolute Gasteiger partial charge is 0.476 e. The molecule has 0 amide bonds. The third kappa shape index (κ3) is 4.08. The van der Waals surface area contributed by atoms with Crippen molar-refractivity contribution >= 4 is 10.0 Å². The van der Waals surface area contributed by atoms with Crippen LogP contribution < -0.4 is 4.74 Å². The Morgan fingerprint density at radius 2 is 1.81 bits per heavy atom. The van der Waals surface area contributed by atoms with Gasteiger partial charge in [-0.15, -0.1) is 5.10 Å². The monoisotopic (exact) mass is 395 g/mol. The maximum atomic E-state index is 13.4. The molecule has 0 bridgehead atoms. The van der Waals surface area contributed by atoms with Crippen molar-refractivity contribution in [2.24, 2.45) is 5.92 Å². The first kappa shape index (κ1) is 18.2. The van der Waals surface area contributed by atoms with Gasteiger partial charge in [0.25, 0.3) is 0 Å². The summed E-state index contributed by atoms with van der Waals surface area (Å²) in [5.74, 6) is -0.925. The Morgan fingerprint density at radius 1 is 1.07 bits per heavy atom. The highest BCUT2D eigenvalue weighted by Crippen LogP contribution is 2.38. The molecular formula is C18H19F2N3O3S. The topological polar surface area (TPSA) is 72.4 Å². The van der Waals surface area contributed by atoms with Gasteiger partial charge in [0.15, 0.2) is 0 Å². The molecule has 0 N–H and O–H groups in total. The van der Waals surface area contributed by atoms with Gasteiger partial charge in [-0.25, -0.2) is 17.2 Å². The third-order valence-corrected chi connectivity index (χ3v) is 6.69. The second-order valence-electron chi connectivity index (χ2n) is 7.00. The van der Waals surface area contributed by atoms with Crippen LogP contribution >= 0.6 is 0 Å². The molecular weight excluding hydrogens is 376 g/mol. The molecule has 9 heteroatoms. The van der Waals surface area contributed by atoms with Crippen LogP contribution in [0.3, 0.4) is 0 Å². The fourth-order valence-corrected chi connectivity index (χ4v) is 4.76.